The molecule has 3 N–H and O–H groups in total. The van der Waals surface area contributed by atoms with Crippen molar-refractivity contribution in [3.63, 3.8) is 0 Å². The highest BCUT2D eigenvalue weighted by Gasteiger charge is 2.48. The second-order valence-corrected chi connectivity index (χ2v) is 8.92. The Morgan fingerprint density at radius 3 is 2.20 bits per heavy atom. The molecule has 1 aromatic heterocycles. The lowest BCUT2D eigenvalue weighted by Gasteiger charge is -2.36. The Morgan fingerprint density at radius 1 is 1.00 bits per heavy atom. The van der Waals surface area contributed by atoms with E-state index in [9.17, 15) is 44.7 Å². The Labute approximate surface area is 231 Å². The summed E-state index contributed by atoms with van der Waals surface area (Å²) >= 11 is 5.89. The molecule has 3 aromatic rings. The number of hydrogen-bond donors (Lipinski definition) is 3. The van der Waals surface area contributed by atoms with Gasteiger partial charge in [0, 0.05) is 18.7 Å². The number of rotatable bonds is 10. The number of ether oxygens (including phenoxy) is 1. The van der Waals surface area contributed by atoms with Crippen molar-refractivity contribution in [2.75, 3.05) is 0 Å². The normalized spacial score (nSPS) is 14.2. The molecule has 7 nitrogen and oxygen atoms in total. The zero-order chi connectivity index (χ0) is 30.6. The number of nitrogens with one attached hydrogen (secondary N) is 2. The van der Waals surface area contributed by atoms with Crippen molar-refractivity contribution in [2.45, 2.75) is 36.7 Å². The Bertz CT molecular complexity index is 1380. The summed E-state index contributed by atoms with van der Waals surface area (Å²) in [5, 5.41) is 12.5. The van der Waals surface area contributed by atoms with E-state index in [1.807, 2.05) is 0 Å². The standard InChI is InChI=1S/C25H18ClF8N3O4/c26-15-6-7-18(35-12-15)23(11-13-4-2-1-3-5-13,37-22(40)36-19(20(38)39)24(30,31)32)14-8-16(27)10-17(9-14)41-25(33,34)21(28)29/h1-10,12,19,21H,11H2,(H,38,39)(H2,36,37,40)/t19?,23-/m0/s1. The van der Waals surface area contributed by atoms with Crippen LogP contribution in [0, 0.1) is 5.82 Å². The number of aromatic nitrogens is 1. The van der Waals surface area contributed by atoms with E-state index in [-0.39, 0.29) is 10.7 Å². The van der Waals surface area contributed by atoms with Gasteiger partial charge in [0.2, 0.25) is 6.04 Å². The molecule has 0 aliphatic carbocycles. The fourth-order valence-electron chi connectivity index (χ4n) is 3.77. The number of urea groups is 1. The van der Waals surface area contributed by atoms with Gasteiger partial charge < -0.3 is 20.5 Å². The number of pyridine rings is 1. The van der Waals surface area contributed by atoms with E-state index < -0.39 is 65.8 Å². The molecule has 0 saturated carbocycles. The molecule has 0 radical (unpaired) electrons. The van der Waals surface area contributed by atoms with Crippen LogP contribution in [0.15, 0.2) is 66.9 Å². The SMILES string of the molecule is O=C(NC(C(=O)O)C(F)(F)F)N[C@@](Cc1ccccc1)(c1cc(F)cc(OC(F)(F)C(F)F)c1)c1ccc(Cl)cn1. The predicted octanol–water partition coefficient (Wildman–Crippen LogP) is 5.91. The van der Waals surface area contributed by atoms with Gasteiger partial charge in [-0.15, -0.1) is 0 Å². The van der Waals surface area contributed by atoms with Gasteiger partial charge in [-0.3, -0.25) is 4.98 Å². The average Bonchev–Trinajstić information content (AvgIpc) is 2.86. The average molecular weight is 612 g/mol. The van der Waals surface area contributed by atoms with Gasteiger partial charge in [-0.05, 0) is 35.4 Å². The first-order valence-electron chi connectivity index (χ1n) is 11.2. The molecule has 1 unspecified atom stereocenters. The number of carboxylic acids is 1. The van der Waals surface area contributed by atoms with Gasteiger partial charge in [0.25, 0.3) is 0 Å². The molecular weight excluding hydrogens is 594 g/mol. The number of hydrogen-bond acceptors (Lipinski definition) is 4. The number of aliphatic carboxylic acids is 1. The molecule has 41 heavy (non-hydrogen) atoms. The third-order valence-electron chi connectivity index (χ3n) is 5.53. The molecule has 2 amide bonds. The van der Waals surface area contributed by atoms with E-state index in [1.54, 1.807) is 6.07 Å². The van der Waals surface area contributed by atoms with Crippen LogP contribution in [0.25, 0.3) is 0 Å². The first kappa shape index (κ1) is 31.4. The lowest BCUT2D eigenvalue weighted by atomic mass is 9.80. The Hall–Kier alpha value is -4.14. The highest BCUT2D eigenvalue weighted by atomic mass is 35.5. The van der Waals surface area contributed by atoms with Crippen LogP contribution in [0.4, 0.5) is 39.9 Å². The van der Waals surface area contributed by atoms with Crippen LogP contribution in [0.1, 0.15) is 16.8 Å². The van der Waals surface area contributed by atoms with Crippen LogP contribution in [0.2, 0.25) is 5.02 Å². The number of carbonyl (C=O) groups is 2. The number of nitrogens with zero attached hydrogens (tertiary/aromatic N) is 1. The fourth-order valence-corrected chi connectivity index (χ4v) is 3.88. The van der Waals surface area contributed by atoms with E-state index in [1.165, 1.54) is 41.7 Å². The summed E-state index contributed by atoms with van der Waals surface area (Å²) in [7, 11) is 0. The third kappa shape index (κ3) is 7.74. The second kappa shape index (κ2) is 12.2. The summed E-state index contributed by atoms with van der Waals surface area (Å²) in [6, 6.07) is 6.57. The summed E-state index contributed by atoms with van der Waals surface area (Å²) < 4.78 is 112. The van der Waals surface area contributed by atoms with Gasteiger partial charge >= 0.3 is 30.7 Å². The topological polar surface area (TPSA) is 101 Å². The largest absolute Gasteiger partial charge is 0.479 e. The van der Waals surface area contributed by atoms with Gasteiger partial charge in [0.15, 0.2) is 0 Å². The molecule has 0 bridgehead atoms. The van der Waals surface area contributed by atoms with Crippen LogP contribution in [0.3, 0.4) is 0 Å². The first-order valence-corrected chi connectivity index (χ1v) is 11.6. The van der Waals surface area contributed by atoms with E-state index in [4.69, 9.17) is 16.7 Å². The van der Waals surface area contributed by atoms with Crippen LogP contribution in [-0.2, 0) is 16.8 Å². The summed E-state index contributed by atoms with van der Waals surface area (Å²) in [6.45, 7) is 0. The molecule has 2 atom stereocenters. The third-order valence-corrected chi connectivity index (χ3v) is 5.75. The molecule has 2 aromatic carbocycles. The molecule has 0 spiro atoms. The van der Waals surface area contributed by atoms with Gasteiger partial charge in [0.1, 0.15) is 17.1 Å². The van der Waals surface area contributed by atoms with Crippen LogP contribution in [0.5, 0.6) is 5.75 Å². The van der Waals surface area contributed by atoms with Crippen molar-refractivity contribution in [2.24, 2.45) is 0 Å². The summed E-state index contributed by atoms with van der Waals surface area (Å²) in [4.78, 5) is 28.2. The summed E-state index contributed by atoms with van der Waals surface area (Å²) in [5.41, 5.74) is -2.65. The number of alkyl halides is 7. The van der Waals surface area contributed by atoms with Crippen molar-refractivity contribution in [3.8, 4) is 5.75 Å². The van der Waals surface area contributed by atoms with E-state index in [2.05, 4.69) is 15.0 Å². The minimum atomic E-state index is -5.44. The Kier molecular flexibility index (Phi) is 9.31. The van der Waals surface area contributed by atoms with Crippen molar-refractivity contribution in [1.82, 2.24) is 15.6 Å². The Balaban J connectivity index is 2.25. The summed E-state index contributed by atoms with van der Waals surface area (Å²) in [5.74, 6) is -4.91. The quantitative estimate of drug-likeness (QED) is 0.248. The Morgan fingerprint density at radius 2 is 1.66 bits per heavy atom. The molecule has 220 valence electrons. The lowest BCUT2D eigenvalue weighted by Crippen LogP contribution is -2.58. The summed E-state index contributed by atoms with van der Waals surface area (Å²) in [6.07, 6.45) is -14.2. The van der Waals surface area contributed by atoms with Gasteiger partial charge in [-0.2, -0.15) is 30.7 Å². The van der Waals surface area contributed by atoms with Crippen molar-refractivity contribution >= 4 is 23.6 Å². The maximum Gasteiger partial charge on any atom is 0.461 e. The van der Waals surface area contributed by atoms with E-state index in [0.29, 0.717) is 23.8 Å². The number of amides is 2. The number of carboxylic acid groups (broad SMARTS) is 1. The predicted molar refractivity (Wildman–Crippen MR) is 127 cm³/mol. The zero-order valence-corrected chi connectivity index (χ0v) is 21.0. The maximum absolute atomic E-state index is 14.8. The van der Waals surface area contributed by atoms with Crippen LogP contribution >= 0.6 is 11.6 Å². The van der Waals surface area contributed by atoms with E-state index >= 15 is 0 Å². The smallest absolute Gasteiger partial charge is 0.461 e. The van der Waals surface area contributed by atoms with Crippen molar-refractivity contribution in [3.05, 3.63) is 94.5 Å². The number of halogens is 9. The van der Waals surface area contributed by atoms with Gasteiger partial charge in [-0.25, -0.2) is 14.0 Å². The molecule has 0 aliphatic rings. The second-order valence-electron chi connectivity index (χ2n) is 8.48. The molecule has 0 aliphatic heterocycles. The molecular formula is C25H18ClF8N3O4. The maximum atomic E-state index is 14.8. The zero-order valence-electron chi connectivity index (χ0n) is 20.2. The minimum absolute atomic E-state index is 0.0506. The lowest BCUT2D eigenvalue weighted by molar-refractivity contribution is -0.253. The number of benzene rings is 2. The van der Waals surface area contributed by atoms with Crippen molar-refractivity contribution in [1.29, 1.82) is 0 Å². The highest BCUT2D eigenvalue weighted by Crippen LogP contribution is 2.37. The molecule has 0 fully saturated rings. The highest BCUT2D eigenvalue weighted by molar-refractivity contribution is 6.30. The molecule has 1 heterocycles. The minimum Gasteiger partial charge on any atom is -0.479 e. The monoisotopic (exact) mass is 611 g/mol. The fraction of sp³-hybridized carbons (Fsp3) is 0.240. The van der Waals surface area contributed by atoms with E-state index in [0.717, 1.165) is 6.20 Å². The van der Waals surface area contributed by atoms with Gasteiger partial charge in [-0.1, -0.05) is 41.9 Å². The van der Waals surface area contributed by atoms with Crippen LogP contribution < -0.4 is 15.4 Å². The van der Waals surface area contributed by atoms with Gasteiger partial charge in [0.05, 0.1) is 10.7 Å². The van der Waals surface area contributed by atoms with Crippen LogP contribution in [-0.4, -0.2) is 46.8 Å². The molecule has 16 heteroatoms. The first-order chi connectivity index (χ1) is 19.0. The molecule has 0 saturated heterocycles. The molecule has 3 rings (SSSR count). The number of carbonyl (C=O) groups excluding carboxylic acids is 1. The van der Waals surface area contributed by atoms with Crippen molar-refractivity contribution < 1.29 is 54.6 Å².